The first kappa shape index (κ1) is 15.3. The molecule has 0 bridgehead atoms. The van der Waals surface area contributed by atoms with Gasteiger partial charge in [0.2, 0.25) is 11.8 Å². The number of nitrogens with one attached hydrogen (secondary N) is 1. The summed E-state index contributed by atoms with van der Waals surface area (Å²) in [5.41, 5.74) is 0.730. The molecule has 23 heavy (non-hydrogen) atoms. The summed E-state index contributed by atoms with van der Waals surface area (Å²) in [4.78, 5) is 12.2. The van der Waals surface area contributed by atoms with E-state index in [4.69, 9.17) is 20.4 Å². The van der Waals surface area contributed by atoms with Crippen LogP contribution in [0, 0.1) is 6.92 Å². The number of benzene rings is 1. The molecule has 0 aliphatic heterocycles. The zero-order valence-corrected chi connectivity index (χ0v) is 13.3. The summed E-state index contributed by atoms with van der Waals surface area (Å²) >= 11 is 6.13. The van der Waals surface area contributed by atoms with Crippen LogP contribution in [0.1, 0.15) is 35.3 Å². The minimum Gasteiger partial charge on any atom is -0.451 e. The third-order valence-electron chi connectivity index (χ3n) is 3.23. The van der Waals surface area contributed by atoms with Crippen LogP contribution >= 0.6 is 11.6 Å². The van der Waals surface area contributed by atoms with Crippen molar-refractivity contribution in [3.63, 3.8) is 0 Å². The fraction of sp³-hybridized carbons (Fsp3) is 0.188. The summed E-state index contributed by atoms with van der Waals surface area (Å²) in [5, 5.41) is 10.9. The molecule has 6 nitrogen and oxygen atoms in total. The first-order valence-corrected chi connectivity index (χ1v) is 7.38. The fourth-order valence-corrected chi connectivity index (χ4v) is 2.31. The summed E-state index contributed by atoms with van der Waals surface area (Å²) in [6.07, 6.45) is 0. The van der Waals surface area contributed by atoms with Gasteiger partial charge in [-0.15, -0.1) is 10.2 Å². The summed E-state index contributed by atoms with van der Waals surface area (Å²) in [7, 11) is 0. The number of carbonyl (C=O) groups is 1. The maximum atomic E-state index is 12.2. The number of carbonyl (C=O) groups excluding carboxylic acids is 1. The van der Waals surface area contributed by atoms with Gasteiger partial charge in [-0.2, -0.15) is 0 Å². The molecule has 0 saturated heterocycles. The number of amides is 1. The lowest BCUT2D eigenvalue weighted by molar-refractivity contribution is 0.0906. The highest BCUT2D eigenvalue weighted by molar-refractivity contribution is 6.33. The van der Waals surface area contributed by atoms with Gasteiger partial charge in [0.25, 0.3) is 5.91 Å². The van der Waals surface area contributed by atoms with Crippen molar-refractivity contribution in [1.29, 1.82) is 0 Å². The second-order valence-electron chi connectivity index (χ2n) is 5.00. The molecule has 1 amide bonds. The molecule has 0 fully saturated rings. The van der Waals surface area contributed by atoms with Gasteiger partial charge < -0.3 is 14.2 Å². The molecule has 2 aromatic heterocycles. The smallest absolute Gasteiger partial charge is 0.287 e. The molecule has 118 valence electrons. The zero-order chi connectivity index (χ0) is 16.4. The van der Waals surface area contributed by atoms with Crippen molar-refractivity contribution in [2.75, 3.05) is 0 Å². The van der Waals surface area contributed by atoms with Gasteiger partial charge in [0.15, 0.2) is 5.76 Å². The Morgan fingerprint density at radius 2 is 1.96 bits per heavy atom. The van der Waals surface area contributed by atoms with E-state index in [1.165, 1.54) is 0 Å². The van der Waals surface area contributed by atoms with E-state index in [0.717, 1.165) is 5.56 Å². The first-order valence-electron chi connectivity index (χ1n) is 7.00. The number of halogens is 1. The molecular formula is C16H14ClN3O3. The van der Waals surface area contributed by atoms with E-state index in [9.17, 15) is 4.79 Å². The Bertz CT molecular complexity index is 840. The van der Waals surface area contributed by atoms with Crippen molar-refractivity contribution in [3.05, 3.63) is 59.0 Å². The predicted molar refractivity (Wildman–Crippen MR) is 84.1 cm³/mol. The van der Waals surface area contributed by atoms with Crippen LogP contribution in [0.2, 0.25) is 5.02 Å². The quantitative estimate of drug-likeness (QED) is 0.786. The van der Waals surface area contributed by atoms with Gasteiger partial charge >= 0.3 is 0 Å². The van der Waals surface area contributed by atoms with Crippen LogP contribution in [0.5, 0.6) is 0 Å². The van der Waals surface area contributed by atoms with Crippen molar-refractivity contribution < 1.29 is 13.6 Å². The molecule has 2 heterocycles. The Morgan fingerprint density at radius 3 is 2.65 bits per heavy atom. The first-order chi connectivity index (χ1) is 11.0. The van der Waals surface area contributed by atoms with Gasteiger partial charge in [-0.25, -0.2) is 0 Å². The van der Waals surface area contributed by atoms with Gasteiger partial charge in [0.05, 0.1) is 5.02 Å². The molecule has 0 aliphatic carbocycles. The molecule has 1 atom stereocenters. The van der Waals surface area contributed by atoms with E-state index >= 15 is 0 Å². The van der Waals surface area contributed by atoms with Crippen LogP contribution < -0.4 is 5.32 Å². The molecule has 3 rings (SSSR count). The van der Waals surface area contributed by atoms with E-state index in [1.807, 2.05) is 18.2 Å². The second-order valence-corrected chi connectivity index (χ2v) is 5.41. The van der Waals surface area contributed by atoms with Crippen LogP contribution in [0.4, 0.5) is 0 Å². The normalized spacial score (nSPS) is 12.1. The van der Waals surface area contributed by atoms with E-state index in [0.29, 0.717) is 22.6 Å². The third kappa shape index (κ3) is 3.27. The molecule has 0 aliphatic rings. The van der Waals surface area contributed by atoms with Gasteiger partial charge in [-0.05, 0) is 31.2 Å². The lowest BCUT2D eigenvalue weighted by Crippen LogP contribution is -2.26. The zero-order valence-electron chi connectivity index (χ0n) is 12.5. The highest BCUT2D eigenvalue weighted by Crippen LogP contribution is 2.29. The molecular weight excluding hydrogens is 318 g/mol. The average Bonchev–Trinajstić information content (AvgIpc) is 3.16. The van der Waals surface area contributed by atoms with E-state index in [2.05, 4.69) is 15.5 Å². The van der Waals surface area contributed by atoms with Crippen molar-refractivity contribution in [2.24, 2.45) is 0 Å². The lowest BCUT2D eigenvalue weighted by Gasteiger charge is -2.08. The molecule has 1 aromatic carbocycles. The predicted octanol–water partition coefficient (Wildman–Crippen LogP) is 3.78. The standard InChI is InChI=1S/C16H14ClN3O3/c1-9(16-20-19-10(2)22-16)18-15(21)14-8-7-13(23-14)11-5-3-4-6-12(11)17/h3-9H,1-2H3,(H,18,21)/t9-/m1/s1. The third-order valence-corrected chi connectivity index (χ3v) is 3.56. The average molecular weight is 332 g/mol. The van der Waals surface area contributed by atoms with Gasteiger partial charge in [-0.1, -0.05) is 23.7 Å². The van der Waals surface area contributed by atoms with E-state index in [-0.39, 0.29) is 11.7 Å². The minimum atomic E-state index is -0.419. The van der Waals surface area contributed by atoms with Gasteiger partial charge in [-0.3, -0.25) is 4.79 Å². The van der Waals surface area contributed by atoms with Gasteiger partial charge in [0, 0.05) is 12.5 Å². The summed E-state index contributed by atoms with van der Waals surface area (Å²) in [6.45, 7) is 3.44. The number of aromatic nitrogens is 2. The fourth-order valence-electron chi connectivity index (χ4n) is 2.08. The molecule has 3 aromatic rings. The number of aryl methyl sites for hydroxylation is 1. The Morgan fingerprint density at radius 1 is 1.17 bits per heavy atom. The topological polar surface area (TPSA) is 81.2 Å². The number of nitrogens with zero attached hydrogens (tertiary/aromatic N) is 2. The largest absolute Gasteiger partial charge is 0.451 e. The van der Waals surface area contributed by atoms with Crippen molar-refractivity contribution in [3.8, 4) is 11.3 Å². The highest BCUT2D eigenvalue weighted by Gasteiger charge is 2.19. The van der Waals surface area contributed by atoms with Crippen molar-refractivity contribution in [2.45, 2.75) is 19.9 Å². The van der Waals surface area contributed by atoms with Crippen LogP contribution in [0.25, 0.3) is 11.3 Å². The second kappa shape index (κ2) is 6.26. The van der Waals surface area contributed by atoms with E-state index < -0.39 is 6.04 Å². The van der Waals surface area contributed by atoms with Crippen LogP contribution in [-0.2, 0) is 0 Å². The Balaban J connectivity index is 1.75. The molecule has 0 unspecified atom stereocenters. The molecule has 1 N–H and O–H groups in total. The monoisotopic (exact) mass is 331 g/mol. The van der Waals surface area contributed by atoms with Crippen LogP contribution in [0.3, 0.4) is 0 Å². The maximum absolute atomic E-state index is 12.2. The molecule has 7 heteroatoms. The lowest BCUT2D eigenvalue weighted by atomic mass is 10.2. The van der Waals surface area contributed by atoms with Crippen LogP contribution in [-0.4, -0.2) is 16.1 Å². The summed E-state index contributed by atoms with van der Waals surface area (Å²) in [6, 6.07) is 10.2. The molecule has 0 saturated carbocycles. The number of rotatable bonds is 4. The summed E-state index contributed by atoms with van der Waals surface area (Å²) in [5.74, 6) is 1.13. The maximum Gasteiger partial charge on any atom is 0.287 e. The number of furan rings is 1. The van der Waals surface area contributed by atoms with Gasteiger partial charge in [0.1, 0.15) is 11.8 Å². The van der Waals surface area contributed by atoms with Crippen molar-refractivity contribution >= 4 is 17.5 Å². The Kier molecular flexibility index (Phi) is 4.16. The molecule has 0 radical (unpaired) electrons. The number of hydrogen-bond acceptors (Lipinski definition) is 5. The van der Waals surface area contributed by atoms with Crippen molar-refractivity contribution in [1.82, 2.24) is 15.5 Å². The number of hydrogen-bond donors (Lipinski definition) is 1. The van der Waals surface area contributed by atoms with E-state index in [1.54, 1.807) is 32.0 Å². The highest BCUT2D eigenvalue weighted by atomic mass is 35.5. The molecule has 0 spiro atoms. The Labute approximate surface area is 137 Å². The SMILES string of the molecule is Cc1nnc([C@@H](C)NC(=O)c2ccc(-c3ccccc3Cl)o2)o1. The Hall–Kier alpha value is -2.60. The van der Waals surface area contributed by atoms with Crippen LogP contribution in [0.15, 0.2) is 45.2 Å². The minimum absolute atomic E-state index is 0.183. The summed E-state index contributed by atoms with van der Waals surface area (Å²) < 4.78 is 10.9.